The Morgan fingerprint density at radius 1 is 0.962 bits per heavy atom. The second-order valence-corrected chi connectivity index (χ2v) is 6.00. The molecule has 0 aliphatic carbocycles. The summed E-state index contributed by atoms with van der Waals surface area (Å²) in [6.07, 6.45) is -0.172. The zero-order valence-electron chi connectivity index (χ0n) is 14.5. The second kappa shape index (κ2) is 10.3. The molecule has 26 heavy (non-hydrogen) atoms. The van der Waals surface area contributed by atoms with Crippen LogP contribution in [-0.2, 0) is 22.7 Å². The summed E-state index contributed by atoms with van der Waals surface area (Å²) < 4.78 is 0. The number of carbonyl (C=O) groups is 2. The fourth-order valence-electron chi connectivity index (χ4n) is 2.71. The fourth-order valence-corrected chi connectivity index (χ4v) is 2.71. The summed E-state index contributed by atoms with van der Waals surface area (Å²) in [6.45, 7) is 0.703. The first-order chi connectivity index (χ1) is 12.6. The van der Waals surface area contributed by atoms with Crippen molar-refractivity contribution in [2.45, 2.75) is 25.6 Å². The van der Waals surface area contributed by atoms with E-state index < -0.39 is 12.0 Å². The predicted octanol–water partition coefficient (Wildman–Crippen LogP) is 1.64. The molecule has 0 saturated heterocycles. The van der Waals surface area contributed by atoms with Crippen LogP contribution in [0.4, 0.5) is 0 Å². The summed E-state index contributed by atoms with van der Waals surface area (Å²) in [7, 11) is 0. The molecule has 2 rings (SSSR count). The molecule has 0 aliphatic heterocycles. The third-order valence-corrected chi connectivity index (χ3v) is 4.05. The maximum Gasteiger partial charge on any atom is 0.321 e. The largest absolute Gasteiger partial charge is 0.480 e. The molecule has 0 saturated carbocycles. The number of hydrogen-bond acceptors (Lipinski definition) is 4. The maximum atomic E-state index is 12.2. The highest BCUT2D eigenvalue weighted by Crippen LogP contribution is 2.12. The van der Waals surface area contributed by atoms with Gasteiger partial charge in [0.15, 0.2) is 0 Å². The highest BCUT2D eigenvalue weighted by molar-refractivity contribution is 5.84. The van der Waals surface area contributed by atoms with Crippen molar-refractivity contribution < 1.29 is 19.8 Å². The zero-order chi connectivity index (χ0) is 18.8. The minimum Gasteiger partial charge on any atom is -0.480 e. The highest BCUT2D eigenvalue weighted by atomic mass is 16.4. The Balaban J connectivity index is 1.99. The van der Waals surface area contributed by atoms with E-state index in [2.05, 4.69) is 5.32 Å². The monoisotopic (exact) mass is 356 g/mol. The molecule has 138 valence electrons. The number of aliphatic hydroxyl groups excluding tert-OH is 1. The molecule has 0 bridgehead atoms. The number of nitrogens with one attached hydrogen (secondary N) is 1. The molecule has 1 amide bonds. The lowest BCUT2D eigenvalue weighted by Gasteiger charge is -2.28. The molecule has 1 atom stereocenters. The molecule has 0 heterocycles. The molecule has 0 unspecified atom stereocenters. The summed E-state index contributed by atoms with van der Waals surface area (Å²) in [4.78, 5) is 25.6. The van der Waals surface area contributed by atoms with Crippen LogP contribution in [0.15, 0.2) is 60.7 Å². The van der Waals surface area contributed by atoms with Gasteiger partial charge >= 0.3 is 5.97 Å². The topological polar surface area (TPSA) is 89.9 Å². The molecular formula is C20H24N2O4. The van der Waals surface area contributed by atoms with Crippen molar-refractivity contribution in [1.29, 1.82) is 0 Å². The van der Waals surface area contributed by atoms with Crippen LogP contribution in [0.1, 0.15) is 17.5 Å². The molecule has 2 aromatic carbocycles. The van der Waals surface area contributed by atoms with Gasteiger partial charge in [0.25, 0.3) is 0 Å². The summed E-state index contributed by atoms with van der Waals surface area (Å²) in [5.74, 6) is -1.42. The molecule has 3 N–H and O–H groups in total. The number of carboxylic acids is 1. The SMILES string of the molecule is O=C(C[C@@H](C(=O)O)N(CCO)Cc1ccccc1)NCc1ccccc1. The van der Waals surface area contributed by atoms with Crippen molar-refractivity contribution in [3.8, 4) is 0 Å². The van der Waals surface area contributed by atoms with Crippen molar-refractivity contribution in [3.63, 3.8) is 0 Å². The van der Waals surface area contributed by atoms with Gasteiger partial charge < -0.3 is 15.5 Å². The van der Waals surface area contributed by atoms with Crippen LogP contribution >= 0.6 is 0 Å². The van der Waals surface area contributed by atoms with E-state index in [0.29, 0.717) is 13.1 Å². The smallest absolute Gasteiger partial charge is 0.321 e. The van der Waals surface area contributed by atoms with E-state index in [-0.39, 0.29) is 25.5 Å². The molecule has 0 spiro atoms. The number of benzene rings is 2. The third-order valence-electron chi connectivity index (χ3n) is 4.05. The number of carbonyl (C=O) groups excluding carboxylic acids is 1. The van der Waals surface area contributed by atoms with Crippen molar-refractivity contribution >= 4 is 11.9 Å². The molecule has 6 heteroatoms. The van der Waals surface area contributed by atoms with Gasteiger partial charge in [-0.05, 0) is 11.1 Å². The lowest BCUT2D eigenvalue weighted by atomic mass is 10.1. The summed E-state index contributed by atoms with van der Waals surface area (Å²) in [5, 5.41) is 21.6. The van der Waals surface area contributed by atoms with Crippen LogP contribution in [0, 0.1) is 0 Å². The van der Waals surface area contributed by atoms with Gasteiger partial charge in [0.2, 0.25) is 5.91 Å². The lowest BCUT2D eigenvalue weighted by molar-refractivity contribution is -0.146. The Morgan fingerprint density at radius 3 is 2.08 bits per heavy atom. The number of aliphatic hydroxyl groups is 1. The Labute approximate surface area is 153 Å². The Bertz CT molecular complexity index is 691. The van der Waals surface area contributed by atoms with E-state index in [0.717, 1.165) is 11.1 Å². The van der Waals surface area contributed by atoms with Crippen LogP contribution in [0.2, 0.25) is 0 Å². The van der Waals surface area contributed by atoms with E-state index in [1.54, 1.807) is 4.90 Å². The fraction of sp³-hybridized carbons (Fsp3) is 0.300. The van der Waals surface area contributed by atoms with E-state index in [1.165, 1.54) is 0 Å². The van der Waals surface area contributed by atoms with Crippen LogP contribution in [-0.4, -0.2) is 46.2 Å². The van der Waals surface area contributed by atoms with Gasteiger partial charge in [-0.3, -0.25) is 14.5 Å². The minimum absolute atomic E-state index is 0.172. The lowest BCUT2D eigenvalue weighted by Crippen LogP contribution is -2.45. The van der Waals surface area contributed by atoms with Crippen molar-refractivity contribution in [2.75, 3.05) is 13.2 Å². The molecule has 0 aliphatic rings. The van der Waals surface area contributed by atoms with E-state index >= 15 is 0 Å². The standard InChI is InChI=1S/C20H24N2O4/c23-12-11-22(15-17-9-5-2-6-10-17)18(20(25)26)13-19(24)21-14-16-7-3-1-4-8-16/h1-10,18,23H,11-15H2,(H,21,24)(H,25,26)/t18-/m0/s1. The average Bonchev–Trinajstić information content (AvgIpc) is 2.65. The van der Waals surface area contributed by atoms with Gasteiger partial charge in [0.1, 0.15) is 6.04 Å². The predicted molar refractivity (Wildman–Crippen MR) is 98.3 cm³/mol. The highest BCUT2D eigenvalue weighted by Gasteiger charge is 2.28. The van der Waals surface area contributed by atoms with E-state index in [9.17, 15) is 19.8 Å². The number of nitrogens with zero attached hydrogens (tertiary/aromatic N) is 1. The van der Waals surface area contributed by atoms with E-state index in [1.807, 2.05) is 60.7 Å². The van der Waals surface area contributed by atoms with Crippen molar-refractivity contribution in [1.82, 2.24) is 10.2 Å². The number of rotatable bonds is 10. The third kappa shape index (κ3) is 6.31. The molecule has 0 aromatic heterocycles. The van der Waals surface area contributed by atoms with Gasteiger partial charge in [-0.15, -0.1) is 0 Å². The molecule has 0 radical (unpaired) electrons. The maximum absolute atomic E-state index is 12.2. The van der Waals surface area contributed by atoms with E-state index in [4.69, 9.17) is 0 Å². The van der Waals surface area contributed by atoms with Crippen LogP contribution < -0.4 is 5.32 Å². The molecule has 6 nitrogen and oxygen atoms in total. The van der Waals surface area contributed by atoms with Gasteiger partial charge in [0, 0.05) is 19.6 Å². The second-order valence-electron chi connectivity index (χ2n) is 6.00. The summed E-state index contributed by atoms with van der Waals surface area (Å²) in [6, 6.07) is 17.8. The molecule has 2 aromatic rings. The first kappa shape index (κ1) is 19.6. The number of carboxylic acid groups (broad SMARTS) is 1. The Morgan fingerprint density at radius 2 is 1.54 bits per heavy atom. The number of hydrogen-bond donors (Lipinski definition) is 3. The first-order valence-electron chi connectivity index (χ1n) is 8.52. The van der Waals surface area contributed by atoms with Crippen molar-refractivity contribution in [2.24, 2.45) is 0 Å². The quantitative estimate of drug-likeness (QED) is 0.602. The Kier molecular flexibility index (Phi) is 7.79. The first-order valence-corrected chi connectivity index (χ1v) is 8.52. The molecular weight excluding hydrogens is 332 g/mol. The van der Waals surface area contributed by atoms with Gasteiger partial charge in [-0.1, -0.05) is 60.7 Å². The zero-order valence-corrected chi connectivity index (χ0v) is 14.5. The van der Waals surface area contributed by atoms with Gasteiger partial charge in [-0.25, -0.2) is 0 Å². The number of amides is 1. The normalized spacial score (nSPS) is 11.9. The van der Waals surface area contributed by atoms with Gasteiger partial charge in [-0.2, -0.15) is 0 Å². The summed E-state index contributed by atoms with van der Waals surface area (Å²) in [5.41, 5.74) is 1.88. The van der Waals surface area contributed by atoms with Crippen molar-refractivity contribution in [3.05, 3.63) is 71.8 Å². The minimum atomic E-state index is -1.08. The summed E-state index contributed by atoms with van der Waals surface area (Å²) >= 11 is 0. The van der Waals surface area contributed by atoms with Crippen LogP contribution in [0.3, 0.4) is 0 Å². The Hall–Kier alpha value is -2.70. The average molecular weight is 356 g/mol. The van der Waals surface area contributed by atoms with Crippen LogP contribution in [0.5, 0.6) is 0 Å². The number of aliphatic carboxylic acids is 1. The van der Waals surface area contributed by atoms with Crippen LogP contribution in [0.25, 0.3) is 0 Å². The molecule has 0 fully saturated rings. The van der Waals surface area contributed by atoms with Gasteiger partial charge in [0.05, 0.1) is 13.0 Å².